The normalized spacial score (nSPS) is 10.7. The Morgan fingerprint density at radius 3 is 2.62 bits per heavy atom. The van der Waals surface area contributed by atoms with Gasteiger partial charge >= 0.3 is 0 Å². The number of fused-ring (bicyclic) bond motifs is 1. The van der Waals surface area contributed by atoms with Crippen molar-refractivity contribution in [1.29, 1.82) is 0 Å². The van der Waals surface area contributed by atoms with Crippen molar-refractivity contribution in [2.24, 2.45) is 0 Å². The Morgan fingerprint density at radius 1 is 1.00 bits per heavy atom. The highest BCUT2D eigenvalue weighted by molar-refractivity contribution is 6.06. The molecule has 0 aliphatic heterocycles. The van der Waals surface area contributed by atoms with Crippen LogP contribution in [0.4, 0.5) is 5.69 Å². The van der Waals surface area contributed by atoms with Gasteiger partial charge in [-0.1, -0.05) is 44.0 Å². The van der Waals surface area contributed by atoms with Crippen molar-refractivity contribution in [2.75, 3.05) is 5.32 Å². The third-order valence-electron chi connectivity index (χ3n) is 4.08. The fourth-order valence-corrected chi connectivity index (χ4v) is 2.73. The first-order chi connectivity index (χ1) is 11.8. The number of carbonyl (C=O) groups excluding carboxylic acids is 1. The highest BCUT2D eigenvalue weighted by Gasteiger charge is 2.07. The monoisotopic (exact) mass is 318 g/mol. The molecule has 3 heteroatoms. The molecule has 0 aliphatic carbocycles. The summed E-state index contributed by atoms with van der Waals surface area (Å²) in [6.45, 7) is 2.20. The van der Waals surface area contributed by atoms with Crippen LogP contribution in [0.1, 0.15) is 42.2 Å². The van der Waals surface area contributed by atoms with Crippen LogP contribution in [0.5, 0.6) is 0 Å². The lowest BCUT2D eigenvalue weighted by atomic mass is 10.1. The molecular weight excluding hydrogens is 296 g/mol. The van der Waals surface area contributed by atoms with E-state index in [0.29, 0.717) is 5.56 Å². The zero-order valence-electron chi connectivity index (χ0n) is 14.0. The number of anilines is 1. The summed E-state index contributed by atoms with van der Waals surface area (Å²) in [4.78, 5) is 17.1. The van der Waals surface area contributed by atoms with Crippen molar-refractivity contribution in [3.8, 4) is 0 Å². The molecule has 1 amide bonds. The van der Waals surface area contributed by atoms with E-state index in [1.54, 1.807) is 0 Å². The number of amides is 1. The Morgan fingerprint density at radius 2 is 1.83 bits per heavy atom. The fraction of sp³-hybridized carbons (Fsp3) is 0.238. The first-order valence-corrected chi connectivity index (χ1v) is 8.52. The van der Waals surface area contributed by atoms with Gasteiger partial charge in [-0.3, -0.25) is 9.78 Å². The van der Waals surface area contributed by atoms with Gasteiger partial charge in [0.1, 0.15) is 0 Å². The predicted octanol–water partition coefficient (Wildman–Crippen LogP) is 5.22. The lowest BCUT2D eigenvalue weighted by Crippen LogP contribution is -2.11. The van der Waals surface area contributed by atoms with Crippen LogP contribution in [-0.4, -0.2) is 10.9 Å². The molecule has 122 valence electrons. The van der Waals surface area contributed by atoms with E-state index in [4.69, 9.17) is 4.98 Å². The van der Waals surface area contributed by atoms with Gasteiger partial charge in [-0.15, -0.1) is 0 Å². The molecule has 3 aromatic rings. The second-order valence-corrected chi connectivity index (χ2v) is 5.99. The summed E-state index contributed by atoms with van der Waals surface area (Å²) in [6.07, 6.45) is 4.64. The second kappa shape index (κ2) is 7.73. The van der Waals surface area contributed by atoms with Gasteiger partial charge in [0, 0.05) is 22.3 Å². The van der Waals surface area contributed by atoms with E-state index < -0.39 is 0 Å². The van der Waals surface area contributed by atoms with Gasteiger partial charge in [0.15, 0.2) is 0 Å². The molecule has 0 saturated carbocycles. The van der Waals surface area contributed by atoms with Crippen molar-refractivity contribution >= 4 is 22.5 Å². The van der Waals surface area contributed by atoms with Gasteiger partial charge in [0.25, 0.3) is 5.91 Å². The molecule has 0 bridgehead atoms. The summed E-state index contributed by atoms with van der Waals surface area (Å²) in [7, 11) is 0. The van der Waals surface area contributed by atoms with Crippen molar-refractivity contribution in [2.45, 2.75) is 32.6 Å². The number of rotatable bonds is 6. The van der Waals surface area contributed by atoms with Crippen molar-refractivity contribution in [3.63, 3.8) is 0 Å². The molecule has 0 saturated heterocycles. The Labute approximate surface area is 142 Å². The highest BCUT2D eigenvalue weighted by atomic mass is 16.1. The zero-order chi connectivity index (χ0) is 16.8. The number of carbonyl (C=O) groups is 1. The van der Waals surface area contributed by atoms with Gasteiger partial charge in [-0.2, -0.15) is 0 Å². The van der Waals surface area contributed by atoms with E-state index in [-0.39, 0.29) is 5.91 Å². The number of aryl methyl sites for hydroxylation is 1. The molecular formula is C21H22N2O. The van der Waals surface area contributed by atoms with Gasteiger partial charge in [0.05, 0.1) is 5.52 Å². The summed E-state index contributed by atoms with van der Waals surface area (Å²) >= 11 is 0. The van der Waals surface area contributed by atoms with Crippen LogP contribution in [0, 0.1) is 0 Å². The maximum Gasteiger partial charge on any atom is 0.255 e. The molecule has 24 heavy (non-hydrogen) atoms. The fourth-order valence-electron chi connectivity index (χ4n) is 2.73. The lowest BCUT2D eigenvalue weighted by molar-refractivity contribution is 0.102. The maximum atomic E-state index is 12.4. The number of unbranched alkanes of at least 4 members (excludes halogenated alkanes) is 2. The number of nitrogens with one attached hydrogen (secondary N) is 1. The van der Waals surface area contributed by atoms with Crippen LogP contribution in [-0.2, 0) is 6.42 Å². The third kappa shape index (κ3) is 3.99. The van der Waals surface area contributed by atoms with E-state index in [0.717, 1.165) is 28.7 Å². The second-order valence-electron chi connectivity index (χ2n) is 5.99. The quantitative estimate of drug-likeness (QED) is 0.633. The largest absolute Gasteiger partial charge is 0.322 e. The number of para-hydroxylation sites is 1. The van der Waals surface area contributed by atoms with Crippen LogP contribution in [0.3, 0.4) is 0 Å². The van der Waals surface area contributed by atoms with Gasteiger partial charge in [-0.25, -0.2) is 0 Å². The molecule has 0 unspecified atom stereocenters. The topological polar surface area (TPSA) is 42.0 Å². The number of hydrogen-bond acceptors (Lipinski definition) is 2. The predicted molar refractivity (Wildman–Crippen MR) is 99.4 cm³/mol. The molecule has 1 N–H and O–H groups in total. The van der Waals surface area contributed by atoms with Crippen LogP contribution in [0.15, 0.2) is 60.7 Å². The molecule has 2 aromatic carbocycles. The van der Waals surface area contributed by atoms with Gasteiger partial charge < -0.3 is 5.32 Å². The smallest absolute Gasteiger partial charge is 0.255 e. The first-order valence-electron chi connectivity index (χ1n) is 8.52. The Hall–Kier alpha value is -2.68. The first kappa shape index (κ1) is 16.2. The zero-order valence-corrected chi connectivity index (χ0v) is 14.0. The Kier molecular flexibility index (Phi) is 5.22. The average molecular weight is 318 g/mol. The molecule has 3 rings (SSSR count). The van der Waals surface area contributed by atoms with Crippen LogP contribution in [0.25, 0.3) is 10.9 Å². The lowest BCUT2D eigenvalue weighted by Gasteiger charge is -2.07. The summed E-state index contributed by atoms with van der Waals surface area (Å²) < 4.78 is 0. The SMILES string of the molecule is CCCCCc1ccc2cc(C(=O)Nc3ccccc3)ccc2n1. The maximum absolute atomic E-state index is 12.4. The number of pyridine rings is 1. The molecule has 3 nitrogen and oxygen atoms in total. The minimum Gasteiger partial charge on any atom is -0.322 e. The van der Waals surface area contributed by atoms with Crippen molar-refractivity contribution < 1.29 is 4.79 Å². The average Bonchev–Trinajstić information content (AvgIpc) is 2.62. The third-order valence-corrected chi connectivity index (χ3v) is 4.08. The molecule has 0 radical (unpaired) electrons. The van der Waals surface area contributed by atoms with Crippen LogP contribution < -0.4 is 5.32 Å². The van der Waals surface area contributed by atoms with Crippen LogP contribution >= 0.6 is 0 Å². The van der Waals surface area contributed by atoms with E-state index in [9.17, 15) is 4.79 Å². The minimum atomic E-state index is -0.102. The molecule has 1 heterocycles. The highest BCUT2D eigenvalue weighted by Crippen LogP contribution is 2.17. The summed E-state index contributed by atoms with van der Waals surface area (Å²) in [6, 6.07) is 19.3. The van der Waals surface area contributed by atoms with E-state index in [2.05, 4.69) is 24.4 Å². The Balaban J connectivity index is 1.76. The van der Waals surface area contributed by atoms with E-state index in [1.807, 2.05) is 48.5 Å². The van der Waals surface area contributed by atoms with E-state index in [1.165, 1.54) is 19.3 Å². The number of benzene rings is 2. The summed E-state index contributed by atoms with van der Waals surface area (Å²) in [5, 5.41) is 3.90. The number of aromatic nitrogens is 1. The van der Waals surface area contributed by atoms with E-state index >= 15 is 0 Å². The Bertz CT molecular complexity index is 828. The van der Waals surface area contributed by atoms with Crippen LogP contribution in [0.2, 0.25) is 0 Å². The minimum absolute atomic E-state index is 0.102. The van der Waals surface area contributed by atoms with Crippen molar-refractivity contribution in [3.05, 3.63) is 71.9 Å². The summed E-state index contributed by atoms with van der Waals surface area (Å²) in [5.74, 6) is -0.102. The molecule has 0 aliphatic rings. The number of hydrogen-bond donors (Lipinski definition) is 1. The molecule has 1 aromatic heterocycles. The summed E-state index contributed by atoms with van der Waals surface area (Å²) in [5.41, 5.74) is 3.51. The standard InChI is InChI=1S/C21H22N2O/c1-2-3-5-8-19-13-11-16-15-17(12-14-20(16)22-19)21(24)23-18-9-6-4-7-10-18/h4,6-7,9-15H,2-3,5,8H2,1H3,(H,23,24). The van der Waals surface area contributed by atoms with Crippen molar-refractivity contribution in [1.82, 2.24) is 4.98 Å². The van der Waals surface area contributed by atoms with Gasteiger partial charge in [0.2, 0.25) is 0 Å². The number of nitrogens with zero attached hydrogens (tertiary/aromatic N) is 1. The molecule has 0 spiro atoms. The molecule has 0 fully saturated rings. The molecule has 0 atom stereocenters. The van der Waals surface area contributed by atoms with Gasteiger partial charge in [-0.05, 0) is 49.2 Å².